The summed E-state index contributed by atoms with van der Waals surface area (Å²) >= 11 is 0. The normalized spacial score (nSPS) is 40.5. The lowest BCUT2D eigenvalue weighted by Crippen LogP contribution is -2.26. The van der Waals surface area contributed by atoms with E-state index >= 15 is 0 Å². The molecule has 14 heavy (non-hydrogen) atoms. The highest BCUT2D eigenvalue weighted by molar-refractivity contribution is 4.79. The summed E-state index contributed by atoms with van der Waals surface area (Å²) < 4.78 is 0. The molecule has 2 unspecified atom stereocenters. The molecule has 2 bridgehead atoms. The molecule has 0 aromatic heterocycles. The maximum absolute atomic E-state index is 9.79. The Kier molecular flexibility index (Phi) is 3.86. The predicted octanol–water partition coefficient (Wildman–Crippen LogP) is 3.51. The summed E-state index contributed by atoms with van der Waals surface area (Å²) in [7, 11) is 0. The summed E-state index contributed by atoms with van der Waals surface area (Å²) in [4.78, 5) is 0. The Morgan fingerprint density at radius 2 is 1.14 bits per heavy atom. The lowest BCUT2D eigenvalue weighted by Gasteiger charge is -2.33. The zero-order chi connectivity index (χ0) is 9.80. The van der Waals surface area contributed by atoms with E-state index in [9.17, 15) is 5.11 Å². The molecule has 2 atom stereocenters. The molecule has 0 amide bonds. The highest BCUT2D eigenvalue weighted by Gasteiger charge is 2.27. The van der Waals surface area contributed by atoms with Gasteiger partial charge in [-0.2, -0.15) is 0 Å². The van der Waals surface area contributed by atoms with Crippen molar-refractivity contribution in [3.05, 3.63) is 0 Å². The van der Waals surface area contributed by atoms with Gasteiger partial charge in [0, 0.05) is 0 Å². The van der Waals surface area contributed by atoms with Gasteiger partial charge in [-0.3, -0.25) is 0 Å². The zero-order valence-corrected chi connectivity index (χ0v) is 9.25. The minimum atomic E-state index is 0.0261. The molecule has 82 valence electrons. The lowest BCUT2D eigenvalue weighted by molar-refractivity contribution is 0.0613. The summed E-state index contributed by atoms with van der Waals surface area (Å²) in [6.45, 7) is 0. The Labute approximate surface area is 87.9 Å². The number of fused-ring (bicyclic) bond motifs is 2. The van der Waals surface area contributed by atoms with E-state index in [1.54, 1.807) is 0 Å². The van der Waals surface area contributed by atoms with Crippen molar-refractivity contribution in [3.8, 4) is 0 Å². The van der Waals surface area contributed by atoms with Gasteiger partial charge in [-0.15, -0.1) is 0 Å². The Morgan fingerprint density at radius 3 is 1.71 bits per heavy atom. The average molecular weight is 196 g/mol. The molecule has 2 aliphatic carbocycles. The molecule has 0 heterocycles. The standard InChI is InChI=1S/C13H24O/c14-13-9-11-6-4-2-1-3-5-7-12(8-11)10-13/h11-14H,1-10H2. The molecule has 0 aromatic carbocycles. The molecule has 0 saturated heterocycles. The lowest BCUT2D eigenvalue weighted by atomic mass is 9.75. The first-order valence-electron chi connectivity index (χ1n) is 6.52. The first kappa shape index (κ1) is 10.5. The molecular weight excluding hydrogens is 172 g/mol. The van der Waals surface area contributed by atoms with E-state index in [-0.39, 0.29) is 6.10 Å². The van der Waals surface area contributed by atoms with Crippen LogP contribution in [0, 0.1) is 11.8 Å². The van der Waals surface area contributed by atoms with E-state index < -0.39 is 0 Å². The monoisotopic (exact) mass is 196 g/mol. The van der Waals surface area contributed by atoms with Gasteiger partial charge in [0.15, 0.2) is 0 Å². The Morgan fingerprint density at radius 1 is 0.643 bits per heavy atom. The molecular formula is C13H24O. The van der Waals surface area contributed by atoms with Crippen LogP contribution in [0.25, 0.3) is 0 Å². The van der Waals surface area contributed by atoms with Crippen molar-refractivity contribution in [2.24, 2.45) is 11.8 Å². The van der Waals surface area contributed by atoms with Crippen LogP contribution >= 0.6 is 0 Å². The summed E-state index contributed by atoms with van der Waals surface area (Å²) in [5, 5.41) is 9.79. The van der Waals surface area contributed by atoms with Crippen molar-refractivity contribution in [3.63, 3.8) is 0 Å². The first-order valence-corrected chi connectivity index (χ1v) is 6.52. The van der Waals surface area contributed by atoms with E-state index in [1.165, 1.54) is 51.4 Å². The fourth-order valence-electron chi connectivity index (χ4n) is 3.40. The van der Waals surface area contributed by atoms with Gasteiger partial charge in [-0.05, 0) is 31.1 Å². The van der Waals surface area contributed by atoms with Gasteiger partial charge in [0.2, 0.25) is 0 Å². The predicted molar refractivity (Wildman–Crippen MR) is 59.2 cm³/mol. The summed E-state index contributed by atoms with van der Waals surface area (Å²) in [6.07, 6.45) is 13.5. The second-order valence-corrected chi connectivity index (χ2v) is 5.44. The largest absolute Gasteiger partial charge is 0.393 e. The smallest absolute Gasteiger partial charge is 0.0545 e. The van der Waals surface area contributed by atoms with Crippen LogP contribution in [0.3, 0.4) is 0 Å². The molecule has 2 aliphatic rings. The van der Waals surface area contributed by atoms with E-state index in [0.29, 0.717) is 0 Å². The van der Waals surface area contributed by atoms with Gasteiger partial charge in [-0.25, -0.2) is 0 Å². The molecule has 0 spiro atoms. The fraction of sp³-hybridized carbons (Fsp3) is 1.00. The fourth-order valence-corrected chi connectivity index (χ4v) is 3.40. The minimum Gasteiger partial charge on any atom is -0.393 e. The number of hydrogen-bond acceptors (Lipinski definition) is 1. The molecule has 0 radical (unpaired) electrons. The van der Waals surface area contributed by atoms with Gasteiger partial charge >= 0.3 is 0 Å². The molecule has 0 aromatic rings. The summed E-state index contributed by atoms with van der Waals surface area (Å²) in [5.74, 6) is 1.70. The van der Waals surface area contributed by atoms with Gasteiger partial charge in [0.25, 0.3) is 0 Å². The van der Waals surface area contributed by atoms with Crippen molar-refractivity contribution < 1.29 is 5.11 Å². The van der Waals surface area contributed by atoms with Crippen molar-refractivity contribution in [2.75, 3.05) is 0 Å². The number of rotatable bonds is 0. The third-order valence-corrected chi connectivity index (χ3v) is 4.10. The zero-order valence-electron chi connectivity index (χ0n) is 9.25. The van der Waals surface area contributed by atoms with Gasteiger partial charge < -0.3 is 5.11 Å². The van der Waals surface area contributed by atoms with E-state index in [1.807, 2.05) is 0 Å². The van der Waals surface area contributed by atoms with E-state index in [0.717, 1.165) is 24.7 Å². The highest BCUT2D eigenvalue weighted by Crippen LogP contribution is 2.36. The van der Waals surface area contributed by atoms with E-state index in [4.69, 9.17) is 0 Å². The molecule has 1 nitrogen and oxygen atoms in total. The summed E-state index contributed by atoms with van der Waals surface area (Å²) in [5.41, 5.74) is 0. The Bertz CT molecular complexity index is 151. The SMILES string of the molecule is OC1CC2CCCCCCCC(C1)C2. The van der Waals surface area contributed by atoms with Crippen LogP contribution in [0.15, 0.2) is 0 Å². The maximum atomic E-state index is 9.79. The highest BCUT2D eigenvalue weighted by atomic mass is 16.3. The second kappa shape index (κ2) is 5.16. The topological polar surface area (TPSA) is 20.2 Å². The van der Waals surface area contributed by atoms with E-state index in [2.05, 4.69) is 0 Å². The molecule has 2 rings (SSSR count). The summed E-state index contributed by atoms with van der Waals surface area (Å²) in [6, 6.07) is 0. The van der Waals surface area contributed by atoms with Crippen LogP contribution in [0.5, 0.6) is 0 Å². The van der Waals surface area contributed by atoms with Crippen LogP contribution < -0.4 is 0 Å². The van der Waals surface area contributed by atoms with Crippen molar-refractivity contribution in [2.45, 2.75) is 70.3 Å². The molecule has 2 fully saturated rings. The average Bonchev–Trinajstić information content (AvgIpc) is 2.15. The molecule has 1 heteroatoms. The first-order chi connectivity index (χ1) is 6.84. The van der Waals surface area contributed by atoms with Crippen LogP contribution in [0.2, 0.25) is 0 Å². The van der Waals surface area contributed by atoms with Crippen LogP contribution in [0.4, 0.5) is 0 Å². The van der Waals surface area contributed by atoms with Crippen LogP contribution in [0.1, 0.15) is 64.2 Å². The van der Waals surface area contributed by atoms with Gasteiger partial charge in [0.05, 0.1) is 6.10 Å². The van der Waals surface area contributed by atoms with Crippen LogP contribution in [-0.4, -0.2) is 11.2 Å². The van der Waals surface area contributed by atoms with Gasteiger partial charge in [-0.1, -0.05) is 44.9 Å². The number of aliphatic hydroxyl groups is 1. The second-order valence-electron chi connectivity index (χ2n) is 5.44. The molecule has 0 aliphatic heterocycles. The number of aliphatic hydroxyl groups excluding tert-OH is 1. The quantitative estimate of drug-likeness (QED) is 0.628. The maximum Gasteiger partial charge on any atom is 0.0545 e. The Hall–Kier alpha value is -0.0400. The van der Waals surface area contributed by atoms with Crippen LogP contribution in [-0.2, 0) is 0 Å². The third-order valence-electron chi connectivity index (χ3n) is 4.10. The molecule has 1 N–H and O–H groups in total. The van der Waals surface area contributed by atoms with Crippen molar-refractivity contribution in [1.82, 2.24) is 0 Å². The minimum absolute atomic E-state index is 0.0261. The Balaban J connectivity index is 1.89. The van der Waals surface area contributed by atoms with Crippen molar-refractivity contribution in [1.29, 1.82) is 0 Å². The van der Waals surface area contributed by atoms with Crippen molar-refractivity contribution >= 4 is 0 Å². The van der Waals surface area contributed by atoms with Gasteiger partial charge in [0.1, 0.15) is 0 Å². The third kappa shape index (κ3) is 2.98. The number of hydrogen-bond donors (Lipinski definition) is 1. The molecule has 2 saturated carbocycles.